The second-order valence-electron chi connectivity index (χ2n) is 4.08. The Hall–Kier alpha value is -2.62. The van der Waals surface area contributed by atoms with Gasteiger partial charge in [-0.3, -0.25) is 9.78 Å². The summed E-state index contributed by atoms with van der Waals surface area (Å²) in [5.74, 6) is 1.29. The molecule has 0 atom stereocenters. The molecule has 0 aliphatic heterocycles. The van der Waals surface area contributed by atoms with Crippen LogP contribution in [0.25, 0.3) is 22.3 Å². The Morgan fingerprint density at radius 2 is 1.95 bits per heavy atom. The van der Waals surface area contributed by atoms with E-state index in [1.807, 2.05) is 24.3 Å². The Labute approximate surface area is 109 Å². The minimum atomic E-state index is -0.0971. The highest BCUT2D eigenvalue weighted by atomic mass is 16.5. The van der Waals surface area contributed by atoms with E-state index in [0.29, 0.717) is 16.7 Å². The Morgan fingerprint density at radius 1 is 1.16 bits per heavy atom. The van der Waals surface area contributed by atoms with E-state index in [1.165, 1.54) is 12.3 Å². The summed E-state index contributed by atoms with van der Waals surface area (Å²) in [6.45, 7) is 0. The summed E-state index contributed by atoms with van der Waals surface area (Å²) < 4.78 is 10.8. The average molecular weight is 253 g/mol. The molecule has 3 aromatic rings. The molecule has 0 unspecified atom stereocenters. The fourth-order valence-electron chi connectivity index (χ4n) is 1.90. The summed E-state index contributed by atoms with van der Waals surface area (Å²) in [6, 6.07) is 10.5. The van der Waals surface area contributed by atoms with Crippen molar-refractivity contribution in [3.05, 3.63) is 59.0 Å². The largest absolute Gasteiger partial charge is 0.497 e. The van der Waals surface area contributed by atoms with Crippen molar-refractivity contribution < 1.29 is 9.15 Å². The standard InChI is InChI=1S/C15H11NO3/c1-18-11-4-2-10(3-5-11)15-8-13(17)12-9-16-7-6-14(12)19-15/h2-9H,1H3. The van der Waals surface area contributed by atoms with Gasteiger partial charge in [-0.05, 0) is 30.3 Å². The van der Waals surface area contributed by atoms with Crippen LogP contribution < -0.4 is 10.2 Å². The van der Waals surface area contributed by atoms with Gasteiger partial charge in [0.2, 0.25) is 0 Å². The zero-order valence-corrected chi connectivity index (χ0v) is 10.3. The quantitative estimate of drug-likeness (QED) is 0.704. The smallest absolute Gasteiger partial charge is 0.194 e. The molecule has 3 rings (SSSR count). The summed E-state index contributed by atoms with van der Waals surface area (Å²) in [4.78, 5) is 15.9. The zero-order valence-electron chi connectivity index (χ0n) is 10.3. The van der Waals surface area contributed by atoms with Crippen LogP contribution in [0.5, 0.6) is 5.75 Å². The molecule has 0 radical (unpaired) electrons. The first-order valence-corrected chi connectivity index (χ1v) is 5.80. The van der Waals surface area contributed by atoms with Gasteiger partial charge < -0.3 is 9.15 Å². The summed E-state index contributed by atoms with van der Waals surface area (Å²) in [6.07, 6.45) is 3.11. The van der Waals surface area contributed by atoms with E-state index in [-0.39, 0.29) is 5.43 Å². The van der Waals surface area contributed by atoms with Gasteiger partial charge >= 0.3 is 0 Å². The molecule has 0 bridgehead atoms. The van der Waals surface area contributed by atoms with Crippen molar-refractivity contribution in [1.82, 2.24) is 4.98 Å². The zero-order chi connectivity index (χ0) is 13.2. The second-order valence-corrected chi connectivity index (χ2v) is 4.08. The minimum Gasteiger partial charge on any atom is -0.497 e. The molecular weight excluding hydrogens is 242 g/mol. The molecule has 0 N–H and O–H groups in total. The number of hydrogen-bond acceptors (Lipinski definition) is 4. The van der Waals surface area contributed by atoms with Gasteiger partial charge in [-0.2, -0.15) is 0 Å². The van der Waals surface area contributed by atoms with Crippen molar-refractivity contribution >= 4 is 11.0 Å². The molecule has 19 heavy (non-hydrogen) atoms. The first-order valence-electron chi connectivity index (χ1n) is 5.80. The van der Waals surface area contributed by atoms with E-state index >= 15 is 0 Å². The maximum Gasteiger partial charge on any atom is 0.194 e. The first-order chi connectivity index (χ1) is 9.28. The number of pyridine rings is 1. The van der Waals surface area contributed by atoms with Gasteiger partial charge in [-0.15, -0.1) is 0 Å². The van der Waals surface area contributed by atoms with E-state index < -0.39 is 0 Å². The third-order valence-corrected chi connectivity index (χ3v) is 2.90. The molecule has 0 saturated carbocycles. The van der Waals surface area contributed by atoms with Crippen LogP contribution in [-0.4, -0.2) is 12.1 Å². The van der Waals surface area contributed by atoms with Crippen molar-refractivity contribution in [1.29, 1.82) is 0 Å². The molecule has 0 fully saturated rings. The van der Waals surface area contributed by atoms with Gasteiger partial charge in [0, 0.05) is 24.0 Å². The Kier molecular flexibility index (Phi) is 2.76. The fourth-order valence-corrected chi connectivity index (χ4v) is 1.90. The van der Waals surface area contributed by atoms with Crippen LogP contribution in [0.4, 0.5) is 0 Å². The SMILES string of the molecule is COc1ccc(-c2cc(=O)c3cnccc3o2)cc1. The number of ether oxygens (including phenoxy) is 1. The van der Waals surface area contributed by atoms with Gasteiger partial charge in [-0.1, -0.05) is 0 Å². The number of benzene rings is 1. The normalized spacial score (nSPS) is 10.6. The number of rotatable bonds is 2. The van der Waals surface area contributed by atoms with E-state index in [2.05, 4.69) is 4.98 Å². The van der Waals surface area contributed by atoms with Crippen LogP contribution in [0.2, 0.25) is 0 Å². The van der Waals surface area contributed by atoms with Gasteiger partial charge in [0.25, 0.3) is 0 Å². The number of aromatic nitrogens is 1. The summed E-state index contributed by atoms with van der Waals surface area (Å²) in [5, 5.41) is 0.486. The van der Waals surface area contributed by atoms with Crippen LogP contribution in [0.3, 0.4) is 0 Å². The predicted molar refractivity (Wildman–Crippen MR) is 72.3 cm³/mol. The van der Waals surface area contributed by atoms with Crippen molar-refractivity contribution in [2.75, 3.05) is 7.11 Å². The van der Waals surface area contributed by atoms with E-state index in [1.54, 1.807) is 19.4 Å². The van der Waals surface area contributed by atoms with Crippen LogP contribution in [0.15, 0.2) is 58.0 Å². The number of methoxy groups -OCH3 is 1. The fraction of sp³-hybridized carbons (Fsp3) is 0.0667. The minimum absolute atomic E-state index is 0.0971. The lowest BCUT2D eigenvalue weighted by Crippen LogP contribution is -2.00. The molecule has 2 heterocycles. The molecule has 0 aliphatic rings. The molecule has 1 aromatic carbocycles. The third-order valence-electron chi connectivity index (χ3n) is 2.90. The van der Waals surface area contributed by atoms with Gasteiger partial charge in [0.05, 0.1) is 12.5 Å². The van der Waals surface area contributed by atoms with Crippen molar-refractivity contribution in [3.63, 3.8) is 0 Å². The molecular formula is C15H11NO3. The van der Waals surface area contributed by atoms with E-state index in [0.717, 1.165) is 11.3 Å². The van der Waals surface area contributed by atoms with Crippen molar-refractivity contribution in [3.8, 4) is 17.1 Å². The maximum absolute atomic E-state index is 12.0. The highest BCUT2D eigenvalue weighted by Gasteiger charge is 2.06. The van der Waals surface area contributed by atoms with Crippen LogP contribution >= 0.6 is 0 Å². The lowest BCUT2D eigenvalue weighted by atomic mass is 10.1. The van der Waals surface area contributed by atoms with Gasteiger partial charge in [0.15, 0.2) is 5.43 Å². The molecule has 0 spiro atoms. The number of fused-ring (bicyclic) bond motifs is 1. The Bertz CT molecular complexity index is 775. The molecule has 2 aromatic heterocycles. The van der Waals surface area contributed by atoms with E-state index in [4.69, 9.17) is 9.15 Å². The van der Waals surface area contributed by atoms with Crippen LogP contribution in [-0.2, 0) is 0 Å². The molecule has 94 valence electrons. The van der Waals surface area contributed by atoms with Gasteiger partial charge in [0.1, 0.15) is 17.1 Å². The molecule has 4 heteroatoms. The Balaban J connectivity index is 2.16. The first kappa shape index (κ1) is 11.5. The van der Waals surface area contributed by atoms with Gasteiger partial charge in [-0.25, -0.2) is 0 Å². The molecule has 4 nitrogen and oxygen atoms in total. The third kappa shape index (κ3) is 2.08. The maximum atomic E-state index is 12.0. The molecule has 0 saturated heterocycles. The molecule has 0 amide bonds. The lowest BCUT2D eigenvalue weighted by molar-refractivity contribution is 0.415. The van der Waals surface area contributed by atoms with Crippen molar-refractivity contribution in [2.24, 2.45) is 0 Å². The van der Waals surface area contributed by atoms with Crippen LogP contribution in [0.1, 0.15) is 0 Å². The number of hydrogen-bond donors (Lipinski definition) is 0. The average Bonchev–Trinajstić information content (AvgIpc) is 2.47. The summed E-state index contributed by atoms with van der Waals surface area (Å²) in [7, 11) is 1.61. The number of nitrogens with zero attached hydrogens (tertiary/aromatic N) is 1. The summed E-state index contributed by atoms with van der Waals surface area (Å²) in [5.41, 5.74) is 1.27. The monoisotopic (exact) mass is 253 g/mol. The second kappa shape index (κ2) is 4.57. The summed E-state index contributed by atoms with van der Waals surface area (Å²) >= 11 is 0. The topological polar surface area (TPSA) is 52.3 Å². The lowest BCUT2D eigenvalue weighted by Gasteiger charge is -2.04. The highest BCUT2D eigenvalue weighted by molar-refractivity contribution is 5.77. The predicted octanol–water partition coefficient (Wildman–Crippen LogP) is 2.86. The highest BCUT2D eigenvalue weighted by Crippen LogP contribution is 2.23. The molecule has 0 aliphatic carbocycles. The van der Waals surface area contributed by atoms with Crippen molar-refractivity contribution in [2.45, 2.75) is 0 Å². The Morgan fingerprint density at radius 3 is 2.68 bits per heavy atom. The van der Waals surface area contributed by atoms with Crippen LogP contribution in [0, 0.1) is 0 Å². The van der Waals surface area contributed by atoms with E-state index in [9.17, 15) is 4.79 Å².